The van der Waals surface area contributed by atoms with E-state index >= 15 is 0 Å². The van der Waals surface area contributed by atoms with Crippen molar-refractivity contribution in [3.63, 3.8) is 0 Å². The largest absolute Gasteiger partial charge is 0.478 e. The summed E-state index contributed by atoms with van der Waals surface area (Å²) in [6, 6.07) is 13.9. The highest BCUT2D eigenvalue weighted by Crippen LogP contribution is 2.22. The van der Waals surface area contributed by atoms with Gasteiger partial charge < -0.3 is 9.67 Å². The fourth-order valence-corrected chi connectivity index (χ4v) is 2.99. The Hall–Kier alpha value is -3.74. The average molecular weight is 379 g/mol. The van der Waals surface area contributed by atoms with E-state index in [-0.39, 0.29) is 11.1 Å². The third kappa shape index (κ3) is 3.83. The van der Waals surface area contributed by atoms with Crippen LogP contribution >= 0.6 is 0 Å². The number of carboxylic acids is 1. The van der Waals surface area contributed by atoms with E-state index in [9.17, 15) is 19.1 Å². The Balaban J connectivity index is 1.86. The molecule has 0 aliphatic rings. The number of carboxylic acid groups (broad SMARTS) is 1. The summed E-state index contributed by atoms with van der Waals surface area (Å²) in [7, 11) is 0. The van der Waals surface area contributed by atoms with Crippen LogP contribution in [0.15, 0.2) is 59.7 Å². The molecular weight excluding hydrogens is 361 g/mol. The number of aromatic nitrogens is 1. The number of halogens is 1. The van der Waals surface area contributed by atoms with Crippen molar-refractivity contribution in [1.82, 2.24) is 9.99 Å². The zero-order valence-corrected chi connectivity index (χ0v) is 15.3. The lowest BCUT2D eigenvalue weighted by Crippen LogP contribution is -2.17. The van der Waals surface area contributed by atoms with Crippen LogP contribution in [0.2, 0.25) is 0 Å². The van der Waals surface area contributed by atoms with Crippen molar-refractivity contribution in [2.24, 2.45) is 5.10 Å². The number of hydrogen-bond acceptors (Lipinski definition) is 3. The second-order valence-corrected chi connectivity index (χ2v) is 6.19. The average Bonchev–Trinajstić information content (AvgIpc) is 2.95. The summed E-state index contributed by atoms with van der Waals surface area (Å²) in [6.45, 7) is 3.69. The van der Waals surface area contributed by atoms with Gasteiger partial charge in [-0.25, -0.2) is 14.6 Å². The quantitative estimate of drug-likeness (QED) is 0.524. The molecule has 0 fully saturated rings. The molecule has 0 aliphatic carbocycles. The maximum Gasteiger partial charge on any atom is 0.337 e. The third-order valence-corrected chi connectivity index (χ3v) is 4.30. The van der Waals surface area contributed by atoms with Gasteiger partial charge in [0.1, 0.15) is 5.82 Å². The summed E-state index contributed by atoms with van der Waals surface area (Å²) in [4.78, 5) is 23.5. The van der Waals surface area contributed by atoms with Crippen molar-refractivity contribution in [3.05, 3.63) is 88.5 Å². The Kier molecular flexibility index (Phi) is 5.35. The van der Waals surface area contributed by atoms with E-state index in [0.717, 1.165) is 23.0 Å². The zero-order valence-electron chi connectivity index (χ0n) is 15.3. The molecule has 3 rings (SSSR count). The molecular formula is C21H18FN3O3. The number of nitrogens with zero attached hydrogens (tertiary/aromatic N) is 2. The lowest BCUT2D eigenvalue weighted by molar-refractivity contribution is 0.0696. The minimum Gasteiger partial charge on any atom is -0.478 e. The molecule has 28 heavy (non-hydrogen) atoms. The number of aromatic carboxylic acids is 1. The van der Waals surface area contributed by atoms with E-state index in [1.165, 1.54) is 24.4 Å². The standard InChI is InChI=1S/C21H18FN3O3/c1-13-10-16(12-23-24-20(26)15-6-5-7-17(22)11-15)14(2)25(13)19-9-4-3-8-18(19)21(27)28/h3-12H,1-2H3,(H,24,26)(H,27,28)/b23-12-. The molecule has 0 atom stereocenters. The van der Waals surface area contributed by atoms with Crippen LogP contribution in [0, 0.1) is 19.7 Å². The molecule has 0 unspecified atom stereocenters. The van der Waals surface area contributed by atoms with Gasteiger partial charge in [0.2, 0.25) is 0 Å². The van der Waals surface area contributed by atoms with E-state index < -0.39 is 17.7 Å². The highest BCUT2D eigenvalue weighted by atomic mass is 19.1. The van der Waals surface area contributed by atoms with E-state index in [2.05, 4.69) is 10.5 Å². The SMILES string of the molecule is Cc1cc(/C=N\NC(=O)c2cccc(F)c2)c(C)n1-c1ccccc1C(=O)O. The summed E-state index contributed by atoms with van der Waals surface area (Å²) >= 11 is 0. The number of benzene rings is 2. The van der Waals surface area contributed by atoms with E-state index in [1.807, 2.05) is 24.5 Å². The fourth-order valence-electron chi connectivity index (χ4n) is 2.99. The topological polar surface area (TPSA) is 83.7 Å². The zero-order chi connectivity index (χ0) is 20.3. The lowest BCUT2D eigenvalue weighted by atomic mass is 10.1. The molecule has 1 amide bonds. The highest BCUT2D eigenvalue weighted by molar-refractivity contribution is 5.95. The molecule has 0 saturated carbocycles. The van der Waals surface area contributed by atoms with Crippen molar-refractivity contribution >= 4 is 18.1 Å². The monoisotopic (exact) mass is 379 g/mol. The summed E-state index contributed by atoms with van der Waals surface area (Å²) in [5.41, 5.74) is 5.58. The molecule has 6 nitrogen and oxygen atoms in total. The van der Waals surface area contributed by atoms with Gasteiger partial charge in [0, 0.05) is 22.5 Å². The molecule has 0 saturated heterocycles. The number of nitrogens with one attached hydrogen (secondary N) is 1. The van der Waals surface area contributed by atoms with Gasteiger partial charge in [-0.3, -0.25) is 4.79 Å². The second kappa shape index (κ2) is 7.87. The van der Waals surface area contributed by atoms with Crippen LogP contribution in [0.3, 0.4) is 0 Å². The normalized spacial score (nSPS) is 11.0. The molecule has 2 N–H and O–H groups in total. The number of amides is 1. The number of hydrazone groups is 1. The van der Waals surface area contributed by atoms with Crippen molar-refractivity contribution in [3.8, 4) is 5.69 Å². The summed E-state index contributed by atoms with van der Waals surface area (Å²) in [6.07, 6.45) is 1.47. The smallest absolute Gasteiger partial charge is 0.337 e. The Morgan fingerprint density at radius 2 is 1.86 bits per heavy atom. The van der Waals surface area contributed by atoms with Crippen molar-refractivity contribution < 1.29 is 19.1 Å². The van der Waals surface area contributed by atoms with Crippen LogP contribution in [0.25, 0.3) is 5.69 Å². The summed E-state index contributed by atoms with van der Waals surface area (Å²) in [5.74, 6) is -2.04. The lowest BCUT2D eigenvalue weighted by Gasteiger charge is -2.12. The second-order valence-electron chi connectivity index (χ2n) is 6.19. The molecule has 0 aliphatic heterocycles. The number of rotatable bonds is 5. The van der Waals surface area contributed by atoms with Gasteiger partial charge in [-0.05, 0) is 50.2 Å². The maximum absolute atomic E-state index is 13.2. The molecule has 0 spiro atoms. The molecule has 0 radical (unpaired) electrons. The highest BCUT2D eigenvalue weighted by Gasteiger charge is 2.16. The van der Waals surface area contributed by atoms with Gasteiger partial charge in [0.15, 0.2) is 0 Å². The Morgan fingerprint density at radius 1 is 1.11 bits per heavy atom. The molecule has 2 aromatic carbocycles. The van der Waals surface area contributed by atoms with Crippen LogP contribution in [-0.4, -0.2) is 27.8 Å². The number of aryl methyl sites for hydroxylation is 1. The maximum atomic E-state index is 13.2. The van der Waals surface area contributed by atoms with Crippen LogP contribution in [0.1, 0.15) is 37.7 Å². The molecule has 1 aromatic heterocycles. The van der Waals surface area contributed by atoms with Crippen LogP contribution < -0.4 is 5.43 Å². The molecule has 3 aromatic rings. The first-order valence-electron chi connectivity index (χ1n) is 8.49. The molecule has 142 valence electrons. The number of carbonyl (C=O) groups is 2. The first-order chi connectivity index (χ1) is 13.4. The number of hydrogen-bond donors (Lipinski definition) is 2. The predicted octanol–water partition coefficient (Wildman–Crippen LogP) is 3.70. The molecule has 7 heteroatoms. The first kappa shape index (κ1) is 19.0. The van der Waals surface area contributed by atoms with Crippen molar-refractivity contribution in [1.29, 1.82) is 0 Å². The first-order valence-corrected chi connectivity index (χ1v) is 8.49. The van der Waals surface area contributed by atoms with Crippen LogP contribution in [0.4, 0.5) is 4.39 Å². The number of carbonyl (C=O) groups excluding carboxylic acids is 1. The predicted molar refractivity (Wildman–Crippen MR) is 104 cm³/mol. The van der Waals surface area contributed by atoms with Gasteiger partial charge in [0.05, 0.1) is 17.5 Å². The molecule has 0 bridgehead atoms. The van der Waals surface area contributed by atoms with Gasteiger partial charge in [0.25, 0.3) is 5.91 Å². The van der Waals surface area contributed by atoms with Crippen LogP contribution in [0.5, 0.6) is 0 Å². The van der Waals surface area contributed by atoms with Crippen molar-refractivity contribution in [2.45, 2.75) is 13.8 Å². The van der Waals surface area contributed by atoms with Gasteiger partial charge >= 0.3 is 5.97 Å². The summed E-state index contributed by atoms with van der Waals surface area (Å²) in [5, 5.41) is 13.4. The molecule has 1 heterocycles. The van der Waals surface area contributed by atoms with Crippen molar-refractivity contribution in [2.75, 3.05) is 0 Å². The van der Waals surface area contributed by atoms with Crippen LogP contribution in [-0.2, 0) is 0 Å². The minimum atomic E-state index is -1.01. The number of para-hydroxylation sites is 1. The Morgan fingerprint density at radius 3 is 2.57 bits per heavy atom. The van der Waals surface area contributed by atoms with E-state index in [4.69, 9.17) is 0 Å². The Bertz CT molecular complexity index is 1090. The third-order valence-electron chi connectivity index (χ3n) is 4.30. The van der Waals surface area contributed by atoms with E-state index in [1.54, 1.807) is 24.3 Å². The summed E-state index contributed by atoms with van der Waals surface area (Å²) < 4.78 is 15.0. The Labute approximate surface area is 160 Å². The van der Waals surface area contributed by atoms with E-state index in [0.29, 0.717) is 5.69 Å². The van der Waals surface area contributed by atoms with Gasteiger partial charge in [-0.15, -0.1) is 0 Å². The van der Waals surface area contributed by atoms with Gasteiger partial charge in [-0.2, -0.15) is 5.10 Å². The minimum absolute atomic E-state index is 0.165. The van der Waals surface area contributed by atoms with Gasteiger partial charge in [-0.1, -0.05) is 18.2 Å². The fraction of sp³-hybridized carbons (Fsp3) is 0.0952.